The van der Waals surface area contributed by atoms with Crippen molar-refractivity contribution in [1.82, 2.24) is 25.4 Å². The molecule has 1 aromatic heterocycles. The Morgan fingerprint density at radius 1 is 1.28 bits per heavy atom. The summed E-state index contributed by atoms with van der Waals surface area (Å²) in [5, 5.41) is 10.4. The molecule has 25 heavy (non-hydrogen) atoms. The highest BCUT2D eigenvalue weighted by molar-refractivity contribution is 14.0. The molecule has 0 fully saturated rings. The van der Waals surface area contributed by atoms with Gasteiger partial charge >= 0.3 is 0 Å². The molecule has 0 aliphatic heterocycles. The minimum absolute atomic E-state index is 0. The number of guanidine groups is 1. The summed E-state index contributed by atoms with van der Waals surface area (Å²) >= 11 is 0. The predicted molar refractivity (Wildman–Crippen MR) is 108 cm³/mol. The van der Waals surface area contributed by atoms with E-state index in [1.165, 1.54) is 6.33 Å². The van der Waals surface area contributed by atoms with Crippen LogP contribution in [0.25, 0.3) is 0 Å². The summed E-state index contributed by atoms with van der Waals surface area (Å²) in [4.78, 5) is 8.35. The Morgan fingerprint density at radius 3 is 2.60 bits per heavy atom. The smallest absolute Gasteiger partial charge is 0.191 e. The van der Waals surface area contributed by atoms with Crippen molar-refractivity contribution in [1.29, 1.82) is 0 Å². The lowest BCUT2D eigenvalue weighted by molar-refractivity contribution is 0.213. The number of methoxy groups -OCH3 is 1. The fourth-order valence-electron chi connectivity index (χ4n) is 2.08. The van der Waals surface area contributed by atoms with E-state index in [0.29, 0.717) is 24.8 Å². The van der Waals surface area contributed by atoms with Crippen LogP contribution in [-0.2, 0) is 13.6 Å². The van der Waals surface area contributed by atoms with Crippen LogP contribution in [0.5, 0.6) is 11.5 Å². The van der Waals surface area contributed by atoms with E-state index in [0.717, 1.165) is 11.6 Å². The Kier molecular flexibility index (Phi) is 9.03. The molecule has 1 unspecified atom stereocenters. The molecule has 2 rings (SSSR count). The Hall–Kier alpha value is -2.04. The van der Waals surface area contributed by atoms with Crippen LogP contribution >= 0.6 is 24.0 Å². The molecular weight excluding hydrogens is 435 g/mol. The molecule has 0 amide bonds. The molecule has 1 aromatic carbocycles. The number of rotatable bonds is 7. The summed E-state index contributed by atoms with van der Waals surface area (Å²) in [5.41, 5.74) is 0. The number of para-hydroxylation sites is 2. The van der Waals surface area contributed by atoms with Gasteiger partial charge in [-0.2, -0.15) is 5.10 Å². The summed E-state index contributed by atoms with van der Waals surface area (Å²) in [6.45, 7) is 3.11. The first-order valence-corrected chi connectivity index (χ1v) is 7.71. The van der Waals surface area contributed by atoms with Crippen LogP contribution in [0.2, 0.25) is 0 Å². The van der Waals surface area contributed by atoms with Gasteiger partial charge in [-0.3, -0.25) is 9.67 Å². The maximum Gasteiger partial charge on any atom is 0.191 e. The van der Waals surface area contributed by atoms with E-state index in [9.17, 15) is 0 Å². The van der Waals surface area contributed by atoms with Crippen molar-refractivity contribution in [2.24, 2.45) is 12.0 Å². The van der Waals surface area contributed by atoms with E-state index in [2.05, 4.69) is 25.7 Å². The molecule has 0 saturated carbocycles. The topological polar surface area (TPSA) is 85.6 Å². The van der Waals surface area contributed by atoms with Gasteiger partial charge in [0.15, 0.2) is 17.5 Å². The van der Waals surface area contributed by atoms with Gasteiger partial charge in [-0.15, -0.1) is 24.0 Å². The third-order valence-electron chi connectivity index (χ3n) is 3.40. The molecular formula is C16H25IN6O2. The minimum Gasteiger partial charge on any atom is -0.493 e. The van der Waals surface area contributed by atoms with Gasteiger partial charge in [0, 0.05) is 14.1 Å². The van der Waals surface area contributed by atoms with Crippen LogP contribution in [0.3, 0.4) is 0 Å². The molecule has 1 atom stereocenters. The van der Waals surface area contributed by atoms with Crippen molar-refractivity contribution in [3.63, 3.8) is 0 Å². The number of aromatic nitrogens is 3. The Labute approximate surface area is 165 Å². The zero-order chi connectivity index (χ0) is 17.4. The number of aliphatic imine (C=N–C) groups is 1. The summed E-state index contributed by atoms with van der Waals surface area (Å²) in [6.07, 6.45) is 1.46. The lowest BCUT2D eigenvalue weighted by Gasteiger charge is -2.19. The second kappa shape index (κ2) is 10.7. The van der Waals surface area contributed by atoms with E-state index in [1.54, 1.807) is 18.8 Å². The summed E-state index contributed by atoms with van der Waals surface area (Å²) < 4.78 is 12.9. The second-order valence-corrected chi connectivity index (χ2v) is 5.19. The Morgan fingerprint density at radius 2 is 2.00 bits per heavy atom. The van der Waals surface area contributed by atoms with Crippen LogP contribution in [0, 0.1) is 0 Å². The van der Waals surface area contributed by atoms with Gasteiger partial charge in [0.1, 0.15) is 18.3 Å². The minimum atomic E-state index is -0.0605. The number of halogens is 1. The zero-order valence-electron chi connectivity index (χ0n) is 14.9. The van der Waals surface area contributed by atoms with Crippen molar-refractivity contribution < 1.29 is 9.47 Å². The highest BCUT2D eigenvalue weighted by Gasteiger charge is 2.09. The molecule has 8 nitrogen and oxygen atoms in total. The monoisotopic (exact) mass is 460 g/mol. The number of nitrogens with zero attached hydrogens (tertiary/aromatic N) is 4. The number of nitrogens with one attached hydrogen (secondary N) is 2. The first-order chi connectivity index (χ1) is 11.6. The highest BCUT2D eigenvalue weighted by Crippen LogP contribution is 2.26. The number of hydrogen-bond acceptors (Lipinski definition) is 5. The van der Waals surface area contributed by atoms with Crippen LogP contribution in [0.15, 0.2) is 35.6 Å². The Balaban J connectivity index is 0.00000312. The van der Waals surface area contributed by atoms with Crippen molar-refractivity contribution in [3.8, 4) is 11.5 Å². The van der Waals surface area contributed by atoms with Crippen LogP contribution < -0.4 is 20.1 Å². The van der Waals surface area contributed by atoms with Crippen molar-refractivity contribution in [3.05, 3.63) is 36.4 Å². The van der Waals surface area contributed by atoms with Gasteiger partial charge in [-0.1, -0.05) is 12.1 Å². The van der Waals surface area contributed by atoms with Crippen molar-refractivity contribution in [2.75, 3.05) is 20.7 Å². The normalized spacial score (nSPS) is 12.1. The van der Waals surface area contributed by atoms with Crippen molar-refractivity contribution in [2.45, 2.75) is 19.6 Å². The number of aryl methyl sites for hydroxylation is 1. The summed E-state index contributed by atoms with van der Waals surface area (Å²) in [6, 6.07) is 7.58. The predicted octanol–water partition coefficient (Wildman–Crippen LogP) is 1.57. The van der Waals surface area contributed by atoms with Crippen LogP contribution in [0.4, 0.5) is 0 Å². The van der Waals surface area contributed by atoms with Gasteiger partial charge < -0.3 is 20.1 Å². The molecule has 138 valence electrons. The molecule has 2 aromatic rings. The average molecular weight is 460 g/mol. The maximum atomic E-state index is 5.90. The van der Waals surface area contributed by atoms with Gasteiger partial charge in [0.05, 0.1) is 20.2 Å². The molecule has 0 bridgehead atoms. The van der Waals surface area contributed by atoms with E-state index in [4.69, 9.17) is 9.47 Å². The third kappa shape index (κ3) is 6.40. The third-order valence-corrected chi connectivity index (χ3v) is 3.40. The summed E-state index contributed by atoms with van der Waals surface area (Å²) in [7, 11) is 5.20. The second-order valence-electron chi connectivity index (χ2n) is 5.19. The van der Waals surface area contributed by atoms with Gasteiger partial charge in [-0.25, -0.2) is 4.98 Å². The molecule has 0 saturated heterocycles. The fourth-order valence-corrected chi connectivity index (χ4v) is 2.08. The standard InChI is InChI=1S/C16H24N6O2.HI/c1-12(24-14-8-6-5-7-13(14)23-4)9-18-16(17-2)19-10-15-20-11-21-22(15)3;/h5-8,11-12H,9-10H2,1-4H3,(H2,17,18,19);1H. The largest absolute Gasteiger partial charge is 0.493 e. The number of benzene rings is 1. The fraction of sp³-hybridized carbons (Fsp3) is 0.438. The summed E-state index contributed by atoms with van der Waals surface area (Å²) in [5.74, 6) is 2.94. The number of hydrogen-bond donors (Lipinski definition) is 2. The quantitative estimate of drug-likeness (QED) is 0.371. The van der Waals surface area contributed by atoms with Gasteiger partial charge in [-0.05, 0) is 19.1 Å². The lowest BCUT2D eigenvalue weighted by atomic mass is 10.3. The van der Waals surface area contributed by atoms with E-state index in [1.807, 2.05) is 38.2 Å². The molecule has 0 spiro atoms. The molecule has 0 radical (unpaired) electrons. The molecule has 0 aliphatic rings. The SMILES string of the molecule is CN=C(NCc1ncnn1C)NCC(C)Oc1ccccc1OC.I. The zero-order valence-corrected chi connectivity index (χ0v) is 17.2. The van der Waals surface area contributed by atoms with E-state index >= 15 is 0 Å². The van der Waals surface area contributed by atoms with Crippen LogP contribution in [-0.4, -0.2) is 47.5 Å². The molecule has 2 N–H and O–H groups in total. The van der Waals surface area contributed by atoms with Gasteiger partial charge in [0.25, 0.3) is 0 Å². The van der Waals surface area contributed by atoms with Gasteiger partial charge in [0.2, 0.25) is 0 Å². The lowest BCUT2D eigenvalue weighted by Crippen LogP contribution is -2.41. The average Bonchev–Trinajstić information content (AvgIpc) is 3.00. The molecule has 0 aliphatic carbocycles. The Bertz CT molecular complexity index is 676. The molecule has 1 heterocycles. The maximum absolute atomic E-state index is 5.90. The van der Waals surface area contributed by atoms with Crippen molar-refractivity contribution >= 4 is 29.9 Å². The van der Waals surface area contributed by atoms with E-state index < -0.39 is 0 Å². The highest BCUT2D eigenvalue weighted by atomic mass is 127. The molecule has 9 heteroatoms. The van der Waals surface area contributed by atoms with Crippen LogP contribution in [0.1, 0.15) is 12.7 Å². The first kappa shape index (κ1) is 21.0. The number of ether oxygens (including phenoxy) is 2. The van der Waals surface area contributed by atoms with E-state index in [-0.39, 0.29) is 30.1 Å². The first-order valence-electron chi connectivity index (χ1n) is 7.71.